The van der Waals surface area contributed by atoms with Gasteiger partial charge in [0.2, 0.25) is 5.91 Å². The number of hydrogen-bond donors (Lipinski definition) is 2. The summed E-state index contributed by atoms with van der Waals surface area (Å²) in [6, 6.07) is 24.4. The molecule has 0 unspecified atom stereocenters. The first-order valence-corrected chi connectivity index (χ1v) is 13.3. The van der Waals surface area contributed by atoms with Gasteiger partial charge in [0.15, 0.2) is 0 Å². The zero-order chi connectivity index (χ0) is 26.2. The van der Waals surface area contributed by atoms with Gasteiger partial charge in [-0.1, -0.05) is 83.9 Å². The number of amides is 1. The lowest BCUT2D eigenvalue weighted by Crippen LogP contribution is -2.36. The van der Waals surface area contributed by atoms with Gasteiger partial charge in [0.05, 0.1) is 12.3 Å². The fourth-order valence-corrected chi connectivity index (χ4v) is 5.35. The fourth-order valence-electron chi connectivity index (χ4n) is 5.35. The van der Waals surface area contributed by atoms with E-state index in [2.05, 4.69) is 78.7 Å². The van der Waals surface area contributed by atoms with E-state index in [-0.39, 0.29) is 30.7 Å². The van der Waals surface area contributed by atoms with Crippen LogP contribution in [0, 0.1) is 13.8 Å². The van der Waals surface area contributed by atoms with Gasteiger partial charge in [-0.25, -0.2) is 0 Å². The maximum atomic E-state index is 13.3. The third-order valence-corrected chi connectivity index (χ3v) is 7.46. The molecule has 1 aliphatic rings. The van der Waals surface area contributed by atoms with Crippen molar-refractivity contribution in [2.24, 2.45) is 0 Å². The highest BCUT2D eigenvalue weighted by Crippen LogP contribution is 2.31. The first-order chi connectivity index (χ1) is 17.9. The van der Waals surface area contributed by atoms with Crippen molar-refractivity contribution >= 4 is 24.3 Å². The number of halogens is 1. The number of piperidine rings is 1. The van der Waals surface area contributed by atoms with Gasteiger partial charge in [-0.2, -0.15) is 0 Å². The van der Waals surface area contributed by atoms with Crippen LogP contribution in [0.4, 0.5) is 0 Å². The minimum absolute atomic E-state index is 0. The second kappa shape index (κ2) is 14.1. The summed E-state index contributed by atoms with van der Waals surface area (Å²) in [4.78, 5) is 27.0. The van der Waals surface area contributed by atoms with Gasteiger partial charge in [0.1, 0.15) is 0 Å². The topological polar surface area (TPSA) is 69.6 Å². The van der Waals surface area contributed by atoms with Gasteiger partial charge in [-0.3, -0.25) is 9.59 Å². The van der Waals surface area contributed by atoms with Gasteiger partial charge in [-0.15, -0.1) is 12.4 Å². The molecule has 0 aromatic heterocycles. The molecular weight excluding hydrogens is 496 g/mol. The number of carboxylic acids is 1. The van der Waals surface area contributed by atoms with Crippen molar-refractivity contribution in [3.8, 4) is 0 Å². The van der Waals surface area contributed by atoms with Crippen molar-refractivity contribution in [1.29, 1.82) is 0 Å². The fraction of sp³-hybridized carbons (Fsp3) is 0.375. The molecule has 38 heavy (non-hydrogen) atoms. The Morgan fingerprint density at radius 3 is 2.00 bits per heavy atom. The molecule has 0 aliphatic carbocycles. The molecule has 1 aliphatic heterocycles. The molecule has 0 spiro atoms. The second-order valence-electron chi connectivity index (χ2n) is 10.3. The minimum Gasteiger partial charge on any atom is -0.481 e. The minimum atomic E-state index is -0.779. The largest absolute Gasteiger partial charge is 0.481 e. The monoisotopic (exact) mass is 534 g/mol. The number of rotatable bonds is 10. The predicted molar refractivity (Wildman–Crippen MR) is 155 cm³/mol. The van der Waals surface area contributed by atoms with E-state index in [4.69, 9.17) is 0 Å². The highest BCUT2D eigenvalue weighted by molar-refractivity contribution is 5.87. The molecule has 2 N–H and O–H groups in total. The van der Waals surface area contributed by atoms with Crippen molar-refractivity contribution in [2.75, 3.05) is 26.2 Å². The maximum absolute atomic E-state index is 13.3. The summed E-state index contributed by atoms with van der Waals surface area (Å²) in [7, 11) is 0. The molecule has 0 radical (unpaired) electrons. The van der Waals surface area contributed by atoms with Crippen LogP contribution in [-0.4, -0.2) is 48.1 Å². The number of nitrogens with one attached hydrogen (secondary N) is 1. The number of aliphatic carboxylic acids is 1. The summed E-state index contributed by atoms with van der Waals surface area (Å²) < 4.78 is 0. The molecule has 1 amide bonds. The van der Waals surface area contributed by atoms with Crippen molar-refractivity contribution in [3.63, 3.8) is 0 Å². The Balaban J connectivity index is 0.00000400. The zero-order valence-electron chi connectivity index (χ0n) is 22.4. The number of hydrogen-bond acceptors (Lipinski definition) is 3. The maximum Gasteiger partial charge on any atom is 0.307 e. The van der Waals surface area contributed by atoms with Crippen LogP contribution in [0.3, 0.4) is 0 Å². The third-order valence-electron chi connectivity index (χ3n) is 7.46. The number of benzene rings is 3. The average Bonchev–Trinajstić information content (AvgIpc) is 2.89. The van der Waals surface area contributed by atoms with Crippen LogP contribution in [0.1, 0.15) is 64.5 Å². The molecule has 6 heteroatoms. The lowest BCUT2D eigenvalue weighted by molar-refractivity contribution is -0.136. The summed E-state index contributed by atoms with van der Waals surface area (Å²) in [6.45, 7) is 7.70. The third kappa shape index (κ3) is 7.92. The van der Waals surface area contributed by atoms with Crippen LogP contribution < -0.4 is 5.32 Å². The highest BCUT2D eigenvalue weighted by Gasteiger charge is 2.24. The Morgan fingerprint density at radius 2 is 1.45 bits per heavy atom. The van der Waals surface area contributed by atoms with Crippen molar-refractivity contribution in [1.82, 2.24) is 10.2 Å². The van der Waals surface area contributed by atoms with Crippen LogP contribution in [0.25, 0.3) is 0 Å². The predicted octanol–water partition coefficient (Wildman–Crippen LogP) is 5.87. The molecule has 1 saturated heterocycles. The Bertz CT molecular complexity index is 1140. The van der Waals surface area contributed by atoms with E-state index in [9.17, 15) is 14.7 Å². The second-order valence-corrected chi connectivity index (χ2v) is 10.3. The summed E-state index contributed by atoms with van der Waals surface area (Å²) >= 11 is 0. The van der Waals surface area contributed by atoms with Crippen LogP contribution in [0.5, 0.6) is 0 Å². The Morgan fingerprint density at radius 1 is 0.895 bits per heavy atom. The number of likely N-dealkylation sites (tertiary alicyclic amines) is 1. The number of carbonyl (C=O) groups excluding carboxylic acids is 1. The Kier molecular flexibility index (Phi) is 10.9. The smallest absolute Gasteiger partial charge is 0.307 e. The molecule has 1 heterocycles. The van der Waals surface area contributed by atoms with Crippen LogP contribution in [0.2, 0.25) is 0 Å². The van der Waals surface area contributed by atoms with E-state index < -0.39 is 5.97 Å². The zero-order valence-corrected chi connectivity index (χ0v) is 23.2. The van der Waals surface area contributed by atoms with E-state index in [1.165, 1.54) is 16.7 Å². The lowest BCUT2D eigenvalue weighted by Gasteiger charge is -2.33. The summed E-state index contributed by atoms with van der Waals surface area (Å²) in [5.41, 5.74) is 6.51. The van der Waals surface area contributed by atoms with E-state index in [0.717, 1.165) is 55.6 Å². The van der Waals surface area contributed by atoms with Crippen molar-refractivity contribution in [3.05, 3.63) is 106 Å². The molecule has 5 nitrogen and oxygen atoms in total. The molecule has 202 valence electrons. The van der Waals surface area contributed by atoms with Crippen molar-refractivity contribution < 1.29 is 14.7 Å². The molecule has 0 atom stereocenters. The number of nitrogens with zero attached hydrogens (tertiary/aromatic N) is 1. The quantitative estimate of drug-likeness (QED) is 0.319. The van der Waals surface area contributed by atoms with Gasteiger partial charge in [0, 0.05) is 6.54 Å². The molecular formula is C32H39ClN2O3. The normalized spacial score (nSPS) is 14.2. The molecule has 1 fully saturated rings. The van der Waals surface area contributed by atoms with Crippen molar-refractivity contribution in [2.45, 2.75) is 51.4 Å². The molecule has 3 aromatic carbocycles. The highest BCUT2D eigenvalue weighted by atomic mass is 35.5. The average molecular weight is 535 g/mol. The molecule has 0 saturated carbocycles. The van der Waals surface area contributed by atoms with Gasteiger partial charge in [0.25, 0.3) is 0 Å². The number of aryl methyl sites for hydroxylation is 2. The number of carboxylic acid groups (broad SMARTS) is 1. The molecule has 0 bridgehead atoms. The Labute approximate surface area is 232 Å². The Hall–Kier alpha value is -3.15. The van der Waals surface area contributed by atoms with Gasteiger partial charge in [-0.05, 0) is 80.9 Å². The van der Waals surface area contributed by atoms with E-state index >= 15 is 0 Å². The standard InChI is InChI=1S/C32H38N2O3.ClH/c1-23-8-12-26(13-9-23)31(27-14-10-24(2)11-15-27)32(37)33-18-5-19-34-20-16-25(17-21-34)29-7-4-3-6-28(29)22-30(35)36;/h3-4,6-15,25,31H,5,16-22H2,1-2H3,(H,33,37)(H,35,36);1H. The van der Waals surface area contributed by atoms with E-state index in [1.807, 2.05) is 18.2 Å². The van der Waals surface area contributed by atoms with Crippen LogP contribution >= 0.6 is 12.4 Å². The summed E-state index contributed by atoms with van der Waals surface area (Å²) in [6.07, 6.45) is 3.06. The summed E-state index contributed by atoms with van der Waals surface area (Å²) in [5, 5.41) is 12.4. The molecule has 3 aromatic rings. The van der Waals surface area contributed by atoms with Gasteiger partial charge < -0.3 is 15.3 Å². The van der Waals surface area contributed by atoms with Crippen LogP contribution in [0.15, 0.2) is 72.8 Å². The van der Waals surface area contributed by atoms with E-state index in [1.54, 1.807) is 0 Å². The van der Waals surface area contributed by atoms with E-state index in [0.29, 0.717) is 12.5 Å². The SMILES string of the molecule is Cc1ccc(C(C(=O)NCCCN2CCC(c3ccccc3CC(=O)O)CC2)c2ccc(C)cc2)cc1.Cl. The number of carbonyl (C=O) groups is 2. The first-order valence-electron chi connectivity index (χ1n) is 13.3. The first kappa shape index (κ1) is 29.4. The summed E-state index contributed by atoms with van der Waals surface area (Å²) in [5.74, 6) is -0.639. The molecule has 4 rings (SSSR count). The van der Waals surface area contributed by atoms with Gasteiger partial charge >= 0.3 is 5.97 Å². The van der Waals surface area contributed by atoms with Crippen LogP contribution in [-0.2, 0) is 16.0 Å². The lowest BCUT2D eigenvalue weighted by atomic mass is 9.85.